The number of carboxylic acid groups (broad SMARTS) is 1. The number of aromatic nitrogens is 1. The molecule has 2 rings (SSSR count). The SMILES string of the molecule is COC(=O)c1cccnc1N1CCOCC1C(=O)O. The molecule has 19 heavy (non-hydrogen) atoms. The molecule has 0 radical (unpaired) electrons. The van der Waals surface area contributed by atoms with Crippen molar-refractivity contribution in [3.8, 4) is 0 Å². The standard InChI is InChI=1S/C12H14N2O5/c1-18-12(17)8-3-2-4-13-10(8)14-5-6-19-7-9(14)11(15)16/h2-4,9H,5-7H2,1H3,(H,15,16). The molecular formula is C12H14N2O5. The molecule has 0 amide bonds. The number of nitrogens with zero attached hydrogens (tertiary/aromatic N) is 2. The van der Waals surface area contributed by atoms with Gasteiger partial charge in [0.15, 0.2) is 6.04 Å². The molecule has 1 fully saturated rings. The number of methoxy groups -OCH3 is 1. The monoisotopic (exact) mass is 266 g/mol. The molecule has 102 valence electrons. The molecule has 1 N–H and O–H groups in total. The maximum atomic E-state index is 11.7. The minimum absolute atomic E-state index is 0.0620. The number of esters is 1. The van der Waals surface area contributed by atoms with Gasteiger partial charge in [-0.2, -0.15) is 0 Å². The van der Waals surface area contributed by atoms with Gasteiger partial charge in [-0.05, 0) is 12.1 Å². The lowest BCUT2D eigenvalue weighted by atomic mass is 10.1. The fourth-order valence-electron chi connectivity index (χ4n) is 1.96. The summed E-state index contributed by atoms with van der Waals surface area (Å²) in [4.78, 5) is 28.6. The van der Waals surface area contributed by atoms with Crippen molar-refractivity contribution in [1.29, 1.82) is 0 Å². The molecule has 1 aliphatic heterocycles. The van der Waals surface area contributed by atoms with Crippen LogP contribution in [0.5, 0.6) is 0 Å². The molecule has 0 spiro atoms. The van der Waals surface area contributed by atoms with E-state index in [1.165, 1.54) is 13.3 Å². The van der Waals surface area contributed by atoms with E-state index < -0.39 is 18.0 Å². The Morgan fingerprint density at radius 3 is 3.05 bits per heavy atom. The highest BCUT2D eigenvalue weighted by Gasteiger charge is 2.32. The van der Waals surface area contributed by atoms with Crippen LogP contribution < -0.4 is 4.90 Å². The first-order chi connectivity index (χ1) is 9.15. The van der Waals surface area contributed by atoms with E-state index in [2.05, 4.69) is 9.72 Å². The van der Waals surface area contributed by atoms with Crippen molar-refractivity contribution in [2.75, 3.05) is 31.8 Å². The normalized spacial score (nSPS) is 19.0. The van der Waals surface area contributed by atoms with Gasteiger partial charge in [-0.25, -0.2) is 14.6 Å². The third-order valence-corrected chi connectivity index (χ3v) is 2.88. The van der Waals surface area contributed by atoms with E-state index in [0.717, 1.165) is 0 Å². The van der Waals surface area contributed by atoms with Crippen LogP contribution in [0.4, 0.5) is 5.82 Å². The predicted octanol–water partition coefficient (Wildman–Crippen LogP) is 0.158. The van der Waals surface area contributed by atoms with Gasteiger partial charge in [0.05, 0.1) is 20.3 Å². The van der Waals surface area contributed by atoms with E-state index in [0.29, 0.717) is 19.0 Å². The van der Waals surface area contributed by atoms with Crippen molar-refractivity contribution in [3.05, 3.63) is 23.9 Å². The number of aliphatic carboxylic acids is 1. The topological polar surface area (TPSA) is 89.0 Å². The van der Waals surface area contributed by atoms with Crippen molar-refractivity contribution in [3.63, 3.8) is 0 Å². The molecule has 1 atom stereocenters. The minimum Gasteiger partial charge on any atom is -0.480 e. The van der Waals surface area contributed by atoms with Crippen LogP contribution in [0.15, 0.2) is 18.3 Å². The van der Waals surface area contributed by atoms with E-state index in [-0.39, 0.29) is 12.2 Å². The third-order valence-electron chi connectivity index (χ3n) is 2.88. The fraction of sp³-hybridized carbons (Fsp3) is 0.417. The number of hydrogen-bond donors (Lipinski definition) is 1. The number of ether oxygens (including phenoxy) is 2. The van der Waals surface area contributed by atoms with E-state index >= 15 is 0 Å². The quantitative estimate of drug-likeness (QED) is 0.779. The Hall–Kier alpha value is -2.15. The van der Waals surface area contributed by atoms with Gasteiger partial charge in [0, 0.05) is 12.7 Å². The maximum absolute atomic E-state index is 11.7. The van der Waals surface area contributed by atoms with Crippen LogP contribution in [0.25, 0.3) is 0 Å². The number of hydrogen-bond acceptors (Lipinski definition) is 6. The van der Waals surface area contributed by atoms with Gasteiger partial charge in [0.1, 0.15) is 11.4 Å². The first-order valence-electron chi connectivity index (χ1n) is 5.75. The number of carboxylic acids is 1. The highest BCUT2D eigenvalue weighted by molar-refractivity contribution is 5.95. The summed E-state index contributed by atoms with van der Waals surface area (Å²) in [6, 6.07) is 2.31. The van der Waals surface area contributed by atoms with E-state index in [1.54, 1.807) is 17.0 Å². The first-order valence-corrected chi connectivity index (χ1v) is 5.75. The lowest BCUT2D eigenvalue weighted by Crippen LogP contribution is -2.51. The van der Waals surface area contributed by atoms with Gasteiger partial charge in [-0.1, -0.05) is 0 Å². The van der Waals surface area contributed by atoms with Crippen LogP contribution in [0.3, 0.4) is 0 Å². The number of carbonyl (C=O) groups excluding carboxylic acids is 1. The fourth-order valence-corrected chi connectivity index (χ4v) is 1.96. The molecule has 0 bridgehead atoms. The van der Waals surface area contributed by atoms with Crippen molar-refractivity contribution >= 4 is 17.8 Å². The van der Waals surface area contributed by atoms with E-state index in [9.17, 15) is 14.7 Å². The molecule has 1 aromatic heterocycles. The summed E-state index contributed by atoms with van der Waals surface area (Å²) in [5.74, 6) is -1.25. The van der Waals surface area contributed by atoms with Gasteiger partial charge in [-0.15, -0.1) is 0 Å². The highest BCUT2D eigenvalue weighted by Crippen LogP contribution is 2.22. The number of pyridine rings is 1. The van der Waals surface area contributed by atoms with Crippen LogP contribution in [0.2, 0.25) is 0 Å². The van der Waals surface area contributed by atoms with Crippen LogP contribution in [0.1, 0.15) is 10.4 Å². The predicted molar refractivity (Wildman–Crippen MR) is 65.2 cm³/mol. The van der Waals surface area contributed by atoms with Gasteiger partial charge >= 0.3 is 11.9 Å². The minimum atomic E-state index is -1.01. The lowest BCUT2D eigenvalue weighted by Gasteiger charge is -2.34. The van der Waals surface area contributed by atoms with Gasteiger partial charge in [0.2, 0.25) is 0 Å². The molecule has 1 aliphatic rings. The molecule has 0 aromatic carbocycles. The zero-order valence-electron chi connectivity index (χ0n) is 10.4. The van der Waals surface area contributed by atoms with Crippen molar-refractivity contribution < 1.29 is 24.2 Å². The number of carbonyl (C=O) groups is 2. The van der Waals surface area contributed by atoms with Crippen molar-refractivity contribution in [2.45, 2.75) is 6.04 Å². The Kier molecular flexibility index (Phi) is 3.96. The lowest BCUT2D eigenvalue weighted by molar-refractivity contribution is -0.141. The smallest absolute Gasteiger partial charge is 0.341 e. The molecule has 7 nitrogen and oxygen atoms in total. The van der Waals surface area contributed by atoms with Crippen LogP contribution in [-0.4, -0.2) is 54.9 Å². The second-order valence-electron chi connectivity index (χ2n) is 3.99. The first kappa shape index (κ1) is 13.3. The number of morpholine rings is 1. The summed E-state index contributed by atoms with van der Waals surface area (Å²) in [7, 11) is 1.27. The molecule has 1 aromatic rings. The van der Waals surface area contributed by atoms with Gasteiger partial charge in [-0.3, -0.25) is 0 Å². The van der Waals surface area contributed by atoms with Gasteiger partial charge in [0.25, 0.3) is 0 Å². The summed E-state index contributed by atoms with van der Waals surface area (Å²) in [6.07, 6.45) is 1.51. The second kappa shape index (κ2) is 5.66. The zero-order valence-corrected chi connectivity index (χ0v) is 10.4. The summed E-state index contributed by atoms with van der Waals surface area (Å²) < 4.78 is 9.83. The molecule has 1 unspecified atom stereocenters. The molecule has 1 saturated heterocycles. The molecule has 7 heteroatoms. The molecule has 2 heterocycles. The Bertz CT molecular complexity index is 491. The summed E-state index contributed by atoms with van der Waals surface area (Å²) in [5.41, 5.74) is 0.248. The highest BCUT2D eigenvalue weighted by atomic mass is 16.5. The zero-order chi connectivity index (χ0) is 13.8. The van der Waals surface area contributed by atoms with Crippen molar-refractivity contribution in [1.82, 2.24) is 4.98 Å². The van der Waals surface area contributed by atoms with E-state index in [1.807, 2.05) is 0 Å². The largest absolute Gasteiger partial charge is 0.480 e. The van der Waals surface area contributed by atoms with Crippen molar-refractivity contribution in [2.24, 2.45) is 0 Å². The number of rotatable bonds is 3. The Labute approximate surface area is 109 Å². The van der Waals surface area contributed by atoms with E-state index in [4.69, 9.17) is 4.74 Å². The molecular weight excluding hydrogens is 252 g/mol. The maximum Gasteiger partial charge on any atom is 0.341 e. The third kappa shape index (κ3) is 2.65. The second-order valence-corrected chi connectivity index (χ2v) is 3.99. The molecule has 0 saturated carbocycles. The van der Waals surface area contributed by atoms with Crippen LogP contribution >= 0.6 is 0 Å². The average molecular weight is 266 g/mol. The number of anilines is 1. The van der Waals surface area contributed by atoms with Crippen LogP contribution in [-0.2, 0) is 14.3 Å². The summed E-state index contributed by atoms with van der Waals surface area (Å²) >= 11 is 0. The summed E-state index contributed by atoms with van der Waals surface area (Å²) in [5, 5.41) is 9.19. The summed E-state index contributed by atoms with van der Waals surface area (Å²) in [6.45, 7) is 0.811. The van der Waals surface area contributed by atoms with Gasteiger partial charge < -0.3 is 19.5 Å². The average Bonchev–Trinajstić information content (AvgIpc) is 2.46. The Morgan fingerprint density at radius 2 is 2.37 bits per heavy atom. The Balaban J connectivity index is 2.39. The Morgan fingerprint density at radius 1 is 1.58 bits per heavy atom. The van der Waals surface area contributed by atoms with Crippen LogP contribution in [0, 0.1) is 0 Å². The molecule has 0 aliphatic carbocycles.